The summed E-state index contributed by atoms with van der Waals surface area (Å²) in [5.41, 5.74) is 0.848. The Hall–Kier alpha value is -2.12. The summed E-state index contributed by atoms with van der Waals surface area (Å²) in [4.78, 5) is 27.8. The topological polar surface area (TPSA) is 62.3 Å². The Balaban J connectivity index is 1.79. The van der Waals surface area contributed by atoms with Crippen molar-refractivity contribution in [3.8, 4) is 0 Å². The zero-order valence-electron chi connectivity index (χ0n) is 11.8. The van der Waals surface area contributed by atoms with Gasteiger partial charge in [-0.25, -0.2) is 0 Å². The summed E-state index contributed by atoms with van der Waals surface area (Å²) >= 11 is 0. The molecule has 0 saturated carbocycles. The number of hydrogen-bond acceptors (Lipinski definition) is 3. The molecule has 1 aromatic heterocycles. The number of rotatable bonds is 3. The number of hydrogen-bond donors (Lipinski definition) is 1. The first kappa shape index (κ1) is 16.3. The Bertz CT molecular complexity index is 526. The number of pyridine rings is 1. The average molecular weight is 315 g/mol. The first-order valence-corrected chi connectivity index (χ1v) is 6.90. The van der Waals surface area contributed by atoms with Crippen molar-refractivity contribution in [2.45, 2.75) is 25.6 Å². The summed E-state index contributed by atoms with van der Waals surface area (Å²) in [5, 5.41) is 2.74. The third-order valence-electron chi connectivity index (χ3n) is 3.58. The van der Waals surface area contributed by atoms with Crippen molar-refractivity contribution in [1.29, 1.82) is 0 Å². The Morgan fingerprint density at radius 2 is 2.00 bits per heavy atom. The molecular weight excluding hydrogens is 299 g/mol. The number of nitrogens with one attached hydrogen (secondary N) is 1. The molecule has 1 fully saturated rings. The van der Waals surface area contributed by atoms with Crippen LogP contribution >= 0.6 is 0 Å². The van der Waals surface area contributed by atoms with Gasteiger partial charge in [-0.1, -0.05) is 6.07 Å². The van der Waals surface area contributed by atoms with E-state index in [4.69, 9.17) is 0 Å². The van der Waals surface area contributed by atoms with E-state index >= 15 is 0 Å². The van der Waals surface area contributed by atoms with Crippen LogP contribution in [-0.4, -0.2) is 41.0 Å². The molecule has 1 saturated heterocycles. The van der Waals surface area contributed by atoms with E-state index in [0.29, 0.717) is 6.54 Å². The summed E-state index contributed by atoms with van der Waals surface area (Å²) in [6.45, 7) is 0.223. The van der Waals surface area contributed by atoms with E-state index in [2.05, 4.69) is 10.3 Å². The molecule has 2 amide bonds. The lowest BCUT2D eigenvalue weighted by molar-refractivity contribution is -0.186. The van der Waals surface area contributed by atoms with Crippen LogP contribution in [0.3, 0.4) is 0 Å². The highest BCUT2D eigenvalue weighted by atomic mass is 19.4. The van der Waals surface area contributed by atoms with E-state index in [1.54, 1.807) is 18.5 Å². The van der Waals surface area contributed by atoms with Crippen LogP contribution in [0.2, 0.25) is 0 Å². The molecular formula is C14H16F3N3O2. The predicted octanol–water partition coefficient (Wildman–Crippen LogP) is 1.50. The zero-order valence-corrected chi connectivity index (χ0v) is 11.8. The van der Waals surface area contributed by atoms with Gasteiger partial charge in [0.2, 0.25) is 5.91 Å². The lowest BCUT2D eigenvalue weighted by Gasteiger charge is -2.31. The van der Waals surface area contributed by atoms with Crippen LogP contribution in [-0.2, 0) is 16.1 Å². The van der Waals surface area contributed by atoms with E-state index in [0.717, 1.165) is 10.5 Å². The van der Waals surface area contributed by atoms with Gasteiger partial charge in [-0.05, 0) is 24.5 Å². The molecule has 1 aliphatic rings. The second-order valence-electron chi connectivity index (χ2n) is 5.14. The first-order valence-electron chi connectivity index (χ1n) is 6.90. The fraction of sp³-hybridized carbons (Fsp3) is 0.500. The Labute approximate surface area is 125 Å². The molecule has 0 spiro atoms. The lowest BCUT2D eigenvalue weighted by atomic mass is 9.95. The van der Waals surface area contributed by atoms with E-state index in [9.17, 15) is 22.8 Å². The minimum Gasteiger partial charge on any atom is -0.352 e. The molecule has 0 aliphatic carbocycles. The Kier molecular flexibility index (Phi) is 4.99. The second kappa shape index (κ2) is 6.76. The van der Waals surface area contributed by atoms with Crippen LogP contribution in [0.4, 0.5) is 13.2 Å². The molecule has 1 aliphatic heterocycles. The van der Waals surface area contributed by atoms with Gasteiger partial charge in [-0.2, -0.15) is 13.2 Å². The molecule has 0 unspecified atom stereocenters. The van der Waals surface area contributed by atoms with Crippen molar-refractivity contribution in [1.82, 2.24) is 15.2 Å². The third kappa shape index (κ3) is 4.19. The maximum Gasteiger partial charge on any atom is 0.471 e. The van der Waals surface area contributed by atoms with Crippen molar-refractivity contribution in [3.05, 3.63) is 30.1 Å². The number of piperidine rings is 1. The van der Waals surface area contributed by atoms with Crippen molar-refractivity contribution in [2.75, 3.05) is 13.1 Å². The number of nitrogens with zero attached hydrogens (tertiary/aromatic N) is 2. The van der Waals surface area contributed by atoms with Crippen LogP contribution in [0.25, 0.3) is 0 Å². The number of likely N-dealkylation sites (tertiary alicyclic amines) is 1. The summed E-state index contributed by atoms with van der Waals surface area (Å²) in [7, 11) is 0. The summed E-state index contributed by atoms with van der Waals surface area (Å²) in [6, 6.07) is 3.57. The van der Waals surface area contributed by atoms with Gasteiger partial charge in [-0.15, -0.1) is 0 Å². The average Bonchev–Trinajstić information content (AvgIpc) is 2.52. The molecule has 1 N–H and O–H groups in total. The van der Waals surface area contributed by atoms with Crippen LogP contribution in [0.15, 0.2) is 24.5 Å². The number of halogens is 3. The smallest absolute Gasteiger partial charge is 0.352 e. The predicted molar refractivity (Wildman–Crippen MR) is 71.4 cm³/mol. The molecule has 5 nitrogen and oxygen atoms in total. The summed E-state index contributed by atoms with van der Waals surface area (Å²) < 4.78 is 37.0. The highest BCUT2D eigenvalue weighted by Gasteiger charge is 2.43. The van der Waals surface area contributed by atoms with Gasteiger partial charge in [0.1, 0.15) is 0 Å². The SMILES string of the molecule is O=C(NCc1cccnc1)C1CCN(C(=O)C(F)(F)F)CC1. The van der Waals surface area contributed by atoms with Gasteiger partial charge >= 0.3 is 12.1 Å². The summed E-state index contributed by atoms with van der Waals surface area (Å²) in [5.74, 6) is -2.40. The molecule has 0 bridgehead atoms. The largest absolute Gasteiger partial charge is 0.471 e. The maximum atomic E-state index is 12.3. The molecule has 2 rings (SSSR count). The van der Waals surface area contributed by atoms with Crippen LogP contribution in [0, 0.1) is 5.92 Å². The van der Waals surface area contributed by atoms with Crippen molar-refractivity contribution < 1.29 is 22.8 Å². The minimum atomic E-state index is -4.85. The van der Waals surface area contributed by atoms with Crippen molar-refractivity contribution >= 4 is 11.8 Å². The summed E-state index contributed by atoms with van der Waals surface area (Å²) in [6.07, 6.45) is -1.12. The molecule has 22 heavy (non-hydrogen) atoms. The minimum absolute atomic E-state index is 0.0523. The highest BCUT2D eigenvalue weighted by Crippen LogP contribution is 2.24. The van der Waals surface area contributed by atoms with Gasteiger partial charge in [-0.3, -0.25) is 14.6 Å². The monoisotopic (exact) mass is 315 g/mol. The number of carbonyl (C=O) groups is 2. The molecule has 1 aromatic rings. The van der Waals surface area contributed by atoms with Gasteiger partial charge in [0.15, 0.2) is 0 Å². The van der Waals surface area contributed by atoms with E-state index < -0.39 is 12.1 Å². The standard InChI is InChI=1S/C14H16F3N3O2/c15-14(16,17)13(22)20-6-3-11(4-7-20)12(21)19-9-10-2-1-5-18-8-10/h1-2,5,8,11H,3-4,6-7,9H2,(H,19,21). The molecule has 2 heterocycles. The number of amides is 2. The van der Waals surface area contributed by atoms with Crippen molar-refractivity contribution in [3.63, 3.8) is 0 Å². The number of aromatic nitrogens is 1. The quantitative estimate of drug-likeness (QED) is 0.919. The van der Waals surface area contributed by atoms with Crippen LogP contribution in [0.5, 0.6) is 0 Å². The number of carbonyl (C=O) groups excluding carboxylic acids is 2. The molecule has 0 aromatic carbocycles. The third-order valence-corrected chi connectivity index (χ3v) is 3.58. The van der Waals surface area contributed by atoms with Crippen molar-refractivity contribution in [2.24, 2.45) is 5.92 Å². The van der Waals surface area contributed by atoms with Gasteiger partial charge in [0.05, 0.1) is 0 Å². The first-order chi connectivity index (χ1) is 10.4. The highest BCUT2D eigenvalue weighted by molar-refractivity contribution is 5.83. The molecule has 0 atom stereocenters. The maximum absolute atomic E-state index is 12.3. The van der Waals surface area contributed by atoms with Gasteiger partial charge < -0.3 is 10.2 Å². The van der Waals surface area contributed by atoms with E-state index in [1.807, 2.05) is 6.07 Å². The Morgan fingerprint density at radius 1 is 1.32 bits per heavy atom. The normalized spacial score (nSPS) is 16.4. The van der Waals surface area contributed by atoms with E-state index in [-0.39, 0.29) is 37.8 Å². The van der Waals surface area contributed by atoms with Crippen LogP contribution < -0.4 is 5.32 Å². The Morgan fingerprint density at radius 3 is 2.55 bits per heavy atom. The molecule has 120 valence electrons. The molecule has 0 radical (unpaired) electrons. The second-order valence-corrected chi connectivity index (χ2v) is 5.14. The molecule has 8 heteroatoms. The van der Waals surface area contributed by atoms with E-state index in [1.165, 1.54) is 0 Å². The van der Waals surface area contributed by atoms with Crippen LogP contribution in [0.1, 0.15) is 18.4 Å². The van der Waals surface area contributed by atoms with Gasteiger partial charge in [0.25, 0.3) is 0 Å². The zero-order chi connectivity index (χ0) is 16.2. The number of alkyl halides is 3. The van der Waals surface area contributed by atoms with Gasteiger partial charge in [0, 0.05) is 37.9 Å². The fourth-order valence-electron chi connectivity index (χ4n) is 2.36. The lowest BCUT2D eigenvalue weighted by Crippen LogP contribution is -2.47. The fourth-order valence-corrected chi connectivity index (χ4v) is 2.36.